The van der Waals surface area contributed by atoms with Gasteiger partial charge in [-0.2, -0.15) is 0 Å². The van der Waals surface area contributed by atoms with E-state index in [1.54, 1.807) is 26.2 Å². The topological polar surface area (TPSA) is 30.5 Å². The van der Waals surface area contributed by atoms with Gasteiger partial charge in [0, 0.05) is 31.7 Å². The van der Waals surface area contributed by atoms with Crippen molar-refractivity contribution in [2.75, 3.05) is 26.9 Å². The van der Waals surface area contributed by atoms with Crippen molar-refractivity contribution in [1.82, 2.24) is 5.32 Å². The van der Waals surface area contributed by atoms with Crippen molar-refractivity contribution in [3.8, 4) is 5.75 Å². The molecule has 1 aromatic carbocycles. The average molecular weight is 269 g/mol. The van der Waals surface area contributed by atoms with Crippen LogP contribution in [0, 0.1) is 12.7 Å². The second kappa shape index (κ2) is 8.12. The molecule has 0 aliphatic carbocycles. The van der Waals surface area contributed by atoms with Crippen LogP contribution in [0.5, 0.6) is 5.75 Å². The second-order valence-corrected chi connectivity index (χ2v) is 4.61. The second-order valence-electron chi connectivity index (χ2n) is 4.61. The third-order valence-electron chi connectivity index (χ3n) is 3.02. The summed E-state index contributed by atoms with van der Waals surface area (Å²) in [6, 6.07) is 3.40. The minimum absolute atomic E-state index is 0.0672. The molecule has 1 atom stereocenters. The summed E-state index contributed by atoms with van der Waals surface area (Å²) in [4.78, 5) is 0. The van der Waals surface area contributed by atoms with E-state index in [4.69, 9.17) is 9.47 Å². The lowest BCUT2D eigenvalue weighted by Crippen LogP contribution is -2.19. The van der Waals surface area contributed by atoms with Gasteiger partial charge in [-0.05, 0) is 38.1 Å². The number of ether oxygens (including phenoxy) is 2. The van der Waals surface area contributed by atoms with E-state index in [1.807, 2.05) is 13.8 Å². The molecule has 1 N–H and O–H groups in total. The molecule has 4 heteroatoms. The van der Waals surface area contributed by atoms with E-state index < -0.39 is 0 Å². The van der Waals surface area contributed by atoms with E-state index in [1.165, 1.54) is 0 Å². The molecule has 0 aromatic heterocycles. The lowest BCUT2D eigenvalue weighted by molar-refractivity contribution is 0.171. The summed E-state index contributed by atoms with van der Waals surface area (Å²) in [5, 5.41) is 3.28. The Bertz CT molecular complexity index is 396. The molecular weight excluding hydrogens is 245 g/mol. The molecule has 1 unspecified atom stereocenters. The van der Waals surface area contributed by atoms with Crippen molar-refractivity contribution >= 4 is 0 Å². The van der Waals surface area contributed by atoms with Gasteiger partial charge in [0.2, 0.25) is 0 Å². The first-order valence-electron chi connectivity index (χ1n) is 6.75. The number of hydrogen-bond donors (Lipinski definition) is 1. The van der Waals surface area contributed by atoms with Gasteiger partial charge in [0.15, 0.2) is 0 Å². The number of hydrogen-bond acceptors (Lipinski definition) is 3. The molecule has 0 saturated carbocycles. The van der Waals surface area contributed by atoms with Crippen LogP contribution in [0.4, 0.5) is 4.39 Å². The molecule has 0 fully saturated rings. The molecule has 19 heavy (non-hydrogen) atoms. The van der Waals surface area contributed by atoms with E-state index in [0.29, 0.717) is 18.8 Å². The molecule has 0 aliphatic rings. The monoisotopic (exact) mass is 269 g/mol. The molecule has 1 aromatic rings. The van der Waals surface area contributed by atoms with Gasteiger partial charge < -0.3 is 14.8 Å². The Balaban J connectivity index is 2.83. The van der Waals surface area contributed by atoms with Gasteiger partial charge in [-0.25, -0.2) is 4.39 Å². The summed E-state index contributed by atoms with van der Waals surface area (Å²) in [7, 11) is 1.67. The zero-order valence-electron chi connectivity index (χ0n) is 12.3. The number of halogens is 1. The first kappa shape index (κ1) is 15.9. The van der Waals surface area contributed by atoms with Crippen LogP contribution >= 0.6 is 0 Å². The van der Waals surface area contributed by atoms with Crippen molar-refractivity contribution in [2.24, 2.45) is 0 Å². The predicted molar refractivity (Wildman–Crippen MR) is 75.2 cm³/mol. The summed E-state index contributed by atoms with van der Waals surface area (Å²) in [6.45, 7) is 7.86. The van der Waals surface area contributed by atoms with Crippen molar-refractivity contribution in [3.63, 3.8) is 0 Å². The minimum Gasteiger partial charge on any atom is -0.493 e. The lowest BCUT2D eigenvalue weighted by atomic mass is 10.0. The van der Waals surface area contributed by atoms with Crippen LogP contribution < -0.4 is 10.1 Å². The zero-order valence-corrected chi connectivity index (χ0v) is 12.3. The van der Waals surface area contributed by atoms with E-state index in [0.717, 1.165) is 24.3 Å². The third kappa shape index (κ3) is 4.80. The van der Waals surface area contributed by atoms with Crippen LogP contribution in [-0.4, -0.2) is 26.9 Å². The summed E-state index contributed by atoms with van der Waals surface area (Å²) >= 11 is 0. The van der Waals surface area contributed by atoms with Crippen molar-refractivity contribution in [3.05, 3.63) is 29.1 Å². The van der Waals surface area contributed by atoms with Gasteiger partial charge in [-0.1, -0.05) is 6.92 Å². The fourth-order valence-corrected chi connectivity index (χ4v) is 1.94. The number of nitrogens with one attached hydrogen (secondary N) is 1. The highest BCUT2D eigenvalue weighted by Gasteiger charge is 2.14. The molecular formula is C15H24FNO2. The Kier molecular flexibility index (Phi) is 6.81. The SMILES string of the molecule is CCNC(C)c1cc(F)c(C)cc1OCCCOC. The first-order chi connectivity index (χ1) is 9.10. The Labute approximate surface area is 115 Å². The van der Waals surface area contributed by atoms with Gasteiger partial charge in [0.05, 0.1) is 6.61 Å². The number of benzene rings is 1. The van der Waals surface area contributed by atoms with E-state index >= 15 is 0 Å². The van der Waals surface area contributed by atoms with E-state index in [9.17, 15) is 4.39 Å². The highest BCUT2D eigenvalue weighted by atomic mass is 19.1. The van der Waals surface area contributed by atoms with Gasteiger partial charge in [-0.3, -0.25) is 0 Å². The maximum Gasteiger partial charge on any atom is 0.126 e. The Hall–Kier alpha value is -1.13. The number of aryl methyl sites for hydroxylation is 1. The maximum atomic E-state index is 13.7. The molecule has 3 nitrogen and oxygen atoms in total. The normalized spacial score (nSPS) is 12.5. The van der Waals surface area contributed by atoms with Crippen molar-refractivity contribution in [2.45, 2.75) is 33.2 Å². The molecule has 0 bridgehead atoms. The fraction of sp³-hybridized carbons (Fsp3) is 0.600. The summed E-state index contributed by atoms with van der Waals surface area (Å²) < 4.78 is 24.4. The molecule has 0 radical (unpaired) electrons. The predicted octanol–water partition coefficient (Wildman–Crippen LogP) is 3.22. The molecule has 1 rings (SSSR count). The standard InChI is InChI=1S/C15H24FNO2/c1-5-17-12(3)13-10-14(16)11(2)9-15(13)19-8-6-7-18-4/h9-10,12,17H,5-8H2,1-4H3. The van der Waals surface area contributed by atoms with Gasteiger partial charge in [0.1, 0.15) is 11.6 Å². The van der Waals surface area contributed by atoms with Crippen LogP contribution in [0.2, 0.25) is 0 Å². The molecule has 0 saturated heterocycles. The van der Waals surface area contributed by atoms with E-state index in [-0.39, 0.29) is 11.9 Å². The Morgan fingerprint density at radius 3 is 2.68 bits per heavy atom. The van der Waals surface area contributed by atoms with Crippen molar-refractivity contribution < 1.29 is 13.9 Å². The molecule has 0 heterocycles. The Morgan fingerprint density at radius 2 is 2.05 bits per heavy atom. The number of rotatable bonds is 8. The first-order valence-corrected chi connectivity index (χ1v) is 6.75. The average Bonchev–Trinajstić information content (AvgIpc) is 2.38. The van der Waals surface area contributed by atoms with Crippen LogP contribution in [-0.2, 0) is 4.74 Å². The smallest absolute Gasteiger partial charge is 0.126 e. The van der Waals surface area contributed by atoms with Gasteiger partial charge in [0.25, 0.3) is 0 Å². The molecule has 0 spiro atoms. The highest BCUT2D eigenvalue weighted by molar-refractivity contribution is 5.40. The summed E-state index contributed by atoms with van der Waals surface area (Å²) in [5.74, 6) is 0.562. The molecule has 0 amide bonds. The van der Waals surface area contributed by atoms with E-state index in [2.05, 4.69) is 5.32 Å². The maximum absolute atomic E-state index is 13.7. The molecule has 0 aliphatic heterocycles. The quantitative estimate of drug-likeness (QED) is 0.735. The largest absolute Gasteiger partial charge is 0.493 e. The van der Waals surface area contributed by atoms with Crippen LogP contribution in [0.3, 0.4) is 0 Å². The zero-order chi connectivity index (χ0) is 14.3. The number of methoxy groups -OCH3 is 1. The fourth-order valence-electron chi connectivity index (χ4n) is 1.94. The summed E-state index contributed by atoms with van der Waals surface area (Å²) in [5.41, 5.74) is 1.47. The van der Waals surface area contributed by atoms with Crippen LogP contribution in [0.15, 0.2) is 12.1 Å². The minimum atomic E-state index is -0.191. The van der Waals surface area contributed by atoms with Crippen molar-refractivity contribution in [1.29, 1.82) is 0 Å². The van der Waals surface area contributed by atoms with Crippen LogP contribution in [0.25, 0.3) is 0 Å². The van der Waals surface area contributed by atoms with Gasteiger partial charge in [-0.15, -0.1) is 0 Å². The summed E-state index contributed by atoms with van der Waals surface area (Å²) in [6.07, 6.45) is 0.821. The highest BCUT2D eigenvalue weighted by Crippen LogP contribution is 2.28. The Morgan fingerprint density at radius 1 is 1.32 bits per heavy atom. The molecule has 108 valence electrons. The van der Waals surface area contributed by atoms with Crippen LogP contribution in [0.1, 0.15) is 37.4 Å². The third-order valence-corrected chi connectivity index (χ3v) is 3.02. The lowest BCUT2D eigenvalue weighted by Gasteiger charge is -2.18. The van der Waals surface area contributed by atoms with Gasteiger partial charge >= 0.3 is 0 Å².